The largest absolute Gasteiger partial charge is 0.396 e. The Morgan fingerprint density at radius 3 is 1.67 bits per heavy atom. The first kappa shape index (κ1) is 15.0. The van der Waals surface area contributed by atoms with Crippen molar-refractivity contribution in [2.75, 3.05) is 6.61 Å². The van der Waals surface area contributed by atoms with E-state index in [1.165, 1.54) is 6.42 Å². The highest BCUT2D eigenvalue weighted by molar-refractivity contribution is 4.83. The number of hydrogen-bond donors (Lipinski definition) is 1. The molecule has 0 aliphatic heterocycles. The topological polar surface area (TPSA) is 20.2 Å². The molecule has 0 heterocycles. The summed E-state index contributed by atoms with van der Waals surface area (Å²) < 4.78 is 0. The molecule has 0 aromatic heterocycles. The maximum Gasteiger partial charge on any atom is 0.0462 e. The van der Waals surface area contributed by atoms with Crippen LogP contribution in [-0.2, 0) is 0 Å². The molecular formula is C14H30O. The highest BCUT2D eigenvalue weighted by atomic mass is 16.3. The molecule has 0 aromatic rings. The molecule has 2 atom stereocenters. The normalized spacial score (nSPS) is 17.6. The third-order valence-corrected chi connectivity index (χ3v) is 3.27. The molecule has 0 amide bonds. The fourth-order valence-electron chi connectivity index (χ4n) is 2.38. The van der Waals surface area contributed by atoms with E-state index in [-0.39, 0.29) is 5.41 Å². The van der Waals surface area contributed by atoms with E-state index < -0.39 is 0 Å². The summed E-state index contributed by atoms with van der Waals surface area (Å²) in [5.74, 6) is 1.05. The van der Waals surface area contributed by atoms with Gasteiger partial charge in [0.2, 0.25) is 0 Å². The highest BCUT2D eigenvalue weighted by Crippen LogP contribution is 2.41. The molecule has 1 N–H and O–H groups in total. The third-order valence-electron chi connectivity index (χ3n) is 3.27. The van der Waals surface area contributed by atoms with Crippen LogP contribution in [0.4, 0.5) is 0 Å². The second kappa shape index (κ2) is 5.34. The average Bonchev–Trinajstić information content (AvgIpc) is 2.01. The summed E-state index contributed by atoms with van der Waals surface area (Å²) in [4.78, 5) is 0. The number of aliphatic hydroxyl groups excluding tert-OH is 1. The molecule has 1 heteroatoms. The van der Waals surface area contributed by atoms with Gasteiger partial charge in [0.05, 0.1) is 0 Å². The van der Waals surface area contributed by atoms with Gasteiger partial charge in [-0.05, 0) is 29.1 Å². The van der Waals surface area contributed by atoms with Crippen LogP contribution in [-0.4, -0.2) is 11.7 Å². The summed E-state index contributed by atoms with van der Waals surface area (Å²) in [7, 11) is 0. The van der Waals surface area contributed by atoms with Crippen LogP contribution >= 0.6 is 0 Å². The summed E-state index contributed by atoms with van der Waals surface area (Å²) in [5, 5.41) is 9.46. The number of rotatable bonds is 4. The van der Waals surface area contributed by atoms with Crippen molar-refractivity contribution in [2.24, 2.45) is 22.7 Å². The first-order valence-corrected chi connectivity index (χ1v) is 6.22. The van der Waals surface area contributed by atoms with Gasteiger partial charge in [0.25, 0.3) is 0 Å². The van der Waals surface area contributed by atoms with E-state index in [9.17, 15) is 5.11 Å². The first-order valence-electron chi connectivity index (χ1n) is 6.22. The predicted octanol–water partition coefficient (Wildman–Crippen LogP) is 4.10. The van der Waals surface area contributed by atoms with Crippen LogP contribution in [0.3, 0.4) is 0 Å². The van der Waals surface area contributed by atoms with Crippen molar-refractivity contribution in [3.05, 3.63) is 0 Å². The molecule has 0 aliphatic rings. The lowest BCUT2D eigenvalue weighted by Crippen LogP contribution is -2.33. The summed E-state index contributed by atoms with van der Waals surface area (Å²) in [6.45, 7) is 16.3. The summed E-state index contributed by atoms with van der Waals surface area (Å²) in [6.07, 6.45) is 2.27. The molecule has 0 aromatic carbocycles. The average molecular weight is 214 g/mol. The van der Waals surface area contributed by atoms with Crippen molar-refractivity contribution in [2.45, 2.75) is 61.3 Å². The molecule has 0 saturated carbocycles. The van der Waals surface area contributed by atoms with E-state index >= 15 is 0 Å². The van der Waals surface area contributed by atoms with Crippen LogP contribution in [0, 0.1) is 22.7 Å². The lowest BCUT2D eigenvalue weighted by molar-refractivity contribution is 0.0611. The monoisotopic (exact) mass is 214 g/mol. The van der Waals surface area contributed by atoms with E-state index in [1.807, 2.05) is 0 Å². The molecule has 0 saturated heterocycles. The predicted molar refractivity (Wildman–Crippen MR) is 67.9 cm³/mol. The molecule has 0 rings (SSSR count). The van der Waals surface area contributed by atoms with E-state index in [0.717, 1.165) is 6.42 Å². The van der Waals surface area contributed by atoms with Gasteiger partial charge in [-0.1, -0.05) is 54.9 Å². The molecule has 0 spiro atoms. The van der Waals surface area contributed by atoms with Crippen molar-refractivity contribution in [3.8, 4) is 0 Å². The Labute approximate surface area is 96.3 Å². The van der Waals surface area contributed by atoms with E-state index in [4.69, 9.17) is 0 Å². The molecule has 0 aliphatic carbocycles. The van der Waals surface area contributed by atoms with Gasteiger partial charge in [-0.2, -0.15) is 0 Å². The van der Waals surface area contributed by atoms with Crippen LogP contribution in [0.15, 0.2) is 0 Å². The summed E-state index contributed by atoms with van der Waals surface area (Å²) >= 11 is 0. The number of aliphatic hydroxyl groups is 1. The Kier molecular flexibility index (Phi) is 5.32. The second-order valence-corrected chi connectivity index (χ2v) is 7.09. The molecule has 2 unspecified atom stereocenters. The zero-order valence-electron chi connectivity index (χ0n) is 11.7. The van der Waals surface area contributed by atoms with E-state index in [0.29, 0.717) is 23.9 Å². The van der Waals surface area contributed by atoms with Crippen molar-refractivity contribution in [1.82, 2.24) is 0 Å². The summed E-state index contributed by atoms with van der Waals surface area (Å²) in [5.41, 5.74) is 0.636. The van der Waals surface area contributed by atoms with Crippen LogP contribution < -0.4 is 0 Å². The SMILES string of the molecule is CCC(CO)C(CC(C)(C)C)C(C)(C)C. The van der Waals surface area contributed by atoms with Crippen molar-refractivity contribution < 1.29 is 5.11 Å². The molecule has 0 radical (unpaired) electrons. The standard InChI is InChI=1S/C14H30O/c1-8-11(10-15)12(14(5,6)7)9-13(2,3)4/h11-12,15H,8-10H2,1-7H3. The second-order valence-electron chi connectivity index (χ2n) is 7.09. The minimum Gasteiger partial charge on any atom is -0.396 e. The van der Waals surface area contributed by atoms with E-state index in [1.54, 1.807) is 0 Å². The van der Waals surface area contributed by atoms with Gasteiger partial charge >= 0.3 is 0 Å². The molecule has 0 bridgehead atoms. The molecule has 15 heavy (non-hydrogen) atoms. The Morgan fingerprint density at radius 2 is 1.47 bits per heavy atom. The van der Waals surface area contributed by atoms with Crippen LogP contribution in [0.2, 0.25) is 0 Å². The third kappa shape index (κ3) is 5.55. The Bertz CT molecular complexity index is 167. The van der Waals surface area contributed by atoms with Crippen LogP contribution in [0.1, 0.15) is 61.3 Å². The Hall–Kier alpha value is -0.0400. The zero-order chi connectivity index (χ0) is 12.3. The Morgan fingerprint density at radius 1 is 1.00 bits per heavy atom. The quantitative estimate of drug-likeness (QED) is 0.747. The van der Waals surface area contributed by atoms with Crippen LogP contribution in [0.5, 0.6) is 0 Å². The van der Waals surface area contributed by atoms with Gasteiger partial charge in [-0.15, -0.1) is 0 Å². The van der Waals surface area contributed by atoms with Crippen molar-refractivity contribution in [1.29, 1.82) is 0 Å². The molecule has 92 valence electrons. The van der Waals surface area contributed by atoms with Gasteiger partial charge in [0, 0.05) is 6.61 Å². The minimum absolute atomic E-state index is 0.288. The van der Waals surface area contributed by atoms with Crippen molar-refractivity contribution in [3.63, 3.8) is 0 Å². The lowest BCUT2D eigenvalue weighted by atomic mass is 9.66. The first-order chi connectivity index (χ1) is 6.61. The molecule has 0 fully saturated rings. The maximum atomic E-state index is 9.46. The minimum atomic E-state index is 0.288. The van der Waals surface area contributed by atoms with Gasteiger partial charge in [0.1, 0.15) is 0 Å². The smallest absolute Gasteiger partial charge is 0.0462 e. The van der Waals surface area contributed by atoms with Crippen LogP contribution in [0.25, 0.3) is 0 Å². The maximum absolute atomic E-state index is 9.46. The zero-order valence-corrected chi connectivity index (χ0v) is 11.7. The molecule has 1 nitrogen and oxygen atoms in total. The number of hydrogen-bond acceptors (Lipinski definition) is 1. The Balaban J connectivity index is 4.74. The highest BCUT2D eigenvalue weighted by Gasteiger charge is 2.33. The summed E-state index contributed by atoms with van der Waals surface area (Å²) in [6, 6.07) is 0. The fraction of sp³-hybridized carbons (Fsp3) is 1.00. The van der Waals surface area contributed by atoms with Gasteiger partial charge in [-0.25, -0.2) is 0 Å². The molecular weight excluding hydrogens is 184 g/mol. The fourth-order valence-corrected chi connectivity index (χ4v) is 2.38. The van der Waals surface area contributed by atoms with Gasteiger partial charge in [-0.3, -0.25) is 0 Å². The lowest BCUT2D eigenvalue weighted by Gasteiger charge is -2.40. The van der Waals surface area contributed by atoms with Crippen molar-refractivity contribution >= 4 is 0 Å². The van der Waals surface area contributed by atoms with E-state index in [2.05, 4.69) is 48.5 Å². The van der Waals surface area contributed by atoms with Gasteiger partial charge in [0.15, 0.2) is 0 Å². The van der Waals surface area contributed by atoms with Gasteiger partial charge < -0.3 is 5.11 Å².